The zero-order chi connectivity index (χ0) is 26.6. The van der Waals surface area contributed by atoms with Crippen molar-refractivity contribution in [2.45, 2.75) is 63.8 Å². The number of methoxy groups -OCH3 is 2. The summed E-state index contributed by atoms with van der Waals surface area (Å²) in [6, 6.07) is 3.46. The first kappa shape index (κ1) is 26.3. The molecule has 3 atom stereocenters. The van der Waals surface area contributed by atoms with Crippen LogP contribution in [0, 0.1) is 5.92 Å². The summed E-state index contributed by atoms with van der Waals surface area (Å²) in [6.07, 6.45) is 5.04. The Morgan fingerprint density at radius 1 is 1.21 bits per heavy atom. The standard InChI is InChI=1S/C27H36N6O5/c1-16(15-36-2)38-27-31-19(26(35)30-18-5-4-6-21(18)34)13-23(32-27)33-11-8-17(9-12-33)25-24-20(14-29-25)28-10-7-22(24)37-3/h7,10,13,16-18,21,34H,4-6,8-9,11-12,14-15H2,1-3H3,(H,30,35)/t16-,18-,21-/m1/s1. The summed E-state index contributed by atoms with van der Waals surface area (Å²) in [4.78, 5) is 33.6. The van der Waals surface area contributed by atoms with Crippen molar-refractivity contribution in [3.8, 4) is 11.8 Å². The van der Waals surface area contributed by atoms with Crippen LogP contribution in [0.1, 0.15) is 60.8 Å². The second-order valence-electron chi connectivity index (χ2n) is 10.2. The Kier molecular flexibility index (Phi) is 8.04. The van der Waals surface area contributed by atoms with E-state index in [1.165, 1.54) is 0 Å². The van der Waals surface area contributed by atoms with Crippen molar-refractivity contribution in [2.24, 2.45) is 10.9 Å². The molecule has 2 fully saturated rings. The number of hydrogen-bond acceptors (Lipinski definition) is 10. The van der Waals surface area contributed by atoms with Crippen LogP contribution in [0.4, 0.5) is 5.82 Å². The maximum absolute atomic E-state index is 13.1. The molecule has 1 amide bonds. The Balaban J connectivity index is 1.32. The number of carbonyl (C=O) groups is 1. The van der Waals surface area contributed by atoms with E-state index in [4.69, 9.17) is 19.2 Å². The SMILES string of the molecule is COC[C@@H](C)Oc1nc(C(=O)N[C@@H]2CCC[C@H]2O)cc(N2CCC(C3=NCc4nccc(OC)c43)CC2)n1. The molecule has 11 nitrogen and oxygen atoms in total. The molecule has 0 aromatic carbocycles. The average molecular weight is 525 g/mol. The normalized spacial score (nSPS) is 22.1. The number of anilines is 1. The van der Waals surface area contributed by atoms with Gasteiger partial charge in [0.2, 0.25) is 0 Å². The van der Waals surface area contributed by atoms with Gasteiger partial charge in [-0.3, -0.25) is 14.8 Å². The number of aliphatic imine (C=N–C) groups is 1. The first-order chi connectivity index (χ1) is 18.5. The average Bonchev–Trinajstić information content (AvgIpc) is 3.54. The molecule has 38 heavy (non-hydrogen) atoms. The van der Waals surface area contributed by atoms with Crippen LogP contribution in [0.3, 0.4) is 0 Å². The van der Waals surface area contributed by atoms with E-state index in [0.29, 0.717) is 25.4 Å². The van der Waals surface area contributed by atoms with E-state index >= 15 is 0 Å². The number of fused-ring (bicyclic) bond motifs is 1. The van der Waals surface area contributed by atoms with Gasteiger partial charge in [-0.15, -0.1) is 0 Å². The summed E-state index contributed by atoms with van der Waals surface area (Å²) in [6.45, 7) is 4.31. The van der Waals surface area contributed by atoms with E-state index in [1.54, 1.807) is 26.5 Å². The third kappa shape index (κ3) is 5.58. The lowest BCUT2D eigenvalue weighted by atomic mass is 9.88. The molecule has 4 heterocycles. The molecule has 0 radical (unpaired) electrons. The number of piperidine rings is 1. The highest BCUT2D eigenvalue weighted by Gasteiger charge is 2.32. The van der Waals surface area contributed by atoms with Crippen LogP contribution in [-0.4, -0.2) is 83.8 Å². The van der Waals surface area contributed by atoms with Crippen molar-refractivity contribution in [3.05, 3.63) is 35.3 Å². The predicted octanol–water partition coefficient (Wildman–Crippen LogP) is 2.16. The van der Waals surface area contributed by atoms with Gasteiger partial charge in [-0.2, -0.15) is 9.97 Å². The number of hydrogen-bond donors (Lipinski definition) is 2. The van der Waals surface area contributed by atoms with E-state index in [9.17, 15) is 9.90 Å². The Morgan fingerprint density at radius 3 is 2.74 bits per heavy atom. The van der Waals surface area contributed by atoms with Crippen molar-refractivity contribution in [3.63, 3.8) is 0 Å². The van der Waals surface area contributed by atoms with Gasteiger partial charge in [0.25, 0.3) is 5.91 Å². The van der Waals surface area contributed by atoms with Crippen LogP contribution < -0.4 is 19.7 Å². The molecule has 1 aliphatic carbocycles. The number of pyridine rings is 1. The van der Waals surface area contributed by atoms with Crippen LogP contribution in [0.2, 0.25) is 0 Å². The highest BCUT2D eigenvalue weighted by Crippen LogP contribution is 2.34. The van der Waals surface area contributed by atoms with Crippen molar-refractivity contribution in [1.29, 1.82) is 0 Å². The van der Waals surface area contributed by atoms with Crippen molar-refractivity contribution >= 4 is 17.4 Å². The molecule has 0 spiro atoms. The monoisotopic (exact) mass is 524 g/mol. The van der Waals surface area contributed by atoms with E-state index in [1.807, 2.05) is 13.0 Å². The molecule has 3 aliphatic rings. The second-order valence-corrected chi connectivity index (χ2v) is 10.2. The number of aliphatic hydroxyl groups excluding tert-OH is 1. The van der Waals surface area contributed by atoms with Gasteiger partial charge in [0.05, 0.1) is 49.4 Å². The fourth-order valence-corrected chi connectivity index (χ4v) is 5.55. The van der Waals surface area contributed by atoms with Gasteiger partial charge < -0.3 is 29.5 Å². The fourth-order valence-electron chi connectivity index (χ4n) is 5.55. The molecule has 11 heteroatoms. The Hall–Kier alpha value is -3.31. The van der Waals surface area contributed by atoms with Gasteiger partial charge in [0, 0.05) is 38.4 Å². The molecule has 5 rings (SSSR count). The third-order valence-electron chi connectivity index (χ3n) is 7.50. The molecular formula is C27H36N6O5. The Bertz CT molecular complexity index is 1180. The van der Waals surface area contributed by atoms with Crippen molar-refractivity contribution in [1.82, 2.24) is 20.3 Å². The number of nitrogens with zero attached hydrogens (tertiary/aromatic N) is 5. The summed E-state index contributed by atoms with van der Waals surface area (Å²) in [5.41, 5.74) is 3.29. The fraction of sp³-hybridized carbons (Fsp3) is 0.593. The zero-order valence-corrected chi connectivity index (χ0v) is 22.2. The lowest BCUT2D eigenvalue weighted by molar-refractivity contribution is 0.0826. The zero-order valence-electron chi connectivity index (χ0n) is 22.2. The number of carbonyl (C=O) groups excluding carboxylic acids is 1. The minimum atomic E-state index is -0.533. The largest absolute Gasteiger partial charge is 0.496 e. The first-order valence-corrected chi connectivity index (χ1v) is 13.3. The Labute approximate surface area is 222 Å². The number of ether oxygens (including phenoxy) is 3. The number of nitrogens with one attached hydrogen (secondary N) is 1. The molecule has 0 unspecified atom stereocenters. The second kappa shape index (κ2) is 11.6. The van der Waals surface area contributed by atoms with Crippen LogP contribution in [0.5, 0.6) is 11.8 Å². The number of rotatable bonds is 9. The summed E-state index contributed by atoms with van der Waals surface area (Å²) >= 11 is 0. The highest BCUT2D eigenvalue weighted by molar-refractivity contribution is 6.07. The van der Waals surface area contributed by atoms with Crippen LogP contribution in [0.15, 0.2) is 23.3 Å². The summed E-state index contributed by atoms with van der Waals surface area (Å²) < 4.78 is 16.7. The number of amides is 1. The van der Waals surface area contributed by atoms with Crippen molar-refractivity contribution in [2.75, 3.05) is 38.8 Å². The molecule has 2 aliphatic heterocycles. The lowest BCUT2D eigenvalue weighted by Gasteiger charge is -2.33. The molecule has 1 saturated heterocycles. The van der Waals surface area contributed by atoms with E-state index < -0.39 is 6.10 Å². The highest BCUT2D eigenvalue weighted by atomic mass is 16.5. The minimum absolute atomic E-state index is 0.135. The molecular weight excluding hydrogens is 488 g/mol. The molecule has 0 bridgehead atoms. The molecule has 2 N–H and O–H groups in total. The maximum atomic E-state index is 13.1. The van der Waals surface area contributed by atoms with E-state index in [2.05, 4.69) is 25.2 Å². The van der Waals surface area contributed by atoms with Gasteiger partial charge in [-0.05, 0) is 45.1 Å². The molecule has 1 saturated carbocycles. The van der Waals surface area contributed by atoms with Gasteiger partial charge in [0.1, 0.15) is 23.4 Å². The first-order valence-electron chi connectivity index (χ1n) is 13.3. The van der Waals surface area contributed by atoms with Gasteiger partial charge in [-0.25, -0.2) is 0 Å². The Morgan fingerprint density at radius 2 is 2.03 bits per heavy atom. The van der Waals surface area contributed by atoms with Crippen LogP contribution in [0.25, 0.3) is 0 Å². The maximum Gasteiger partial charge on any atom is 0.319 e. The van der Waals surface area contributed by atoms with Gasteiger partial charge in [0.15, 0.2) is 0 Å². The number of aliphatic hydroxyl groups is 1. The molecule has 2 aromatic rings. The minimum Gasteiger partial charge on any atom is -0.496 e. The molecule has 2 aromatic heterocycles. The van der Waals surface area contributed by atoms with Gasteiger partial charge >= 0.3 is 6.01 Å². The quantitative estimate of drug-likeness (QED) is 0.506. The summed E-state index contributed by atoms with van der Waals surface area (Å²) in [5, 5.41) is 13.1. The number of aromatic nitrogens is 3. The molecule has 204 valence electrons. The predicted molar refractivity (Wildman–Crippen MR) is 141 cm³/mol. The van der Waals surface area contributed by atoms with Crippen LogP contribution >= 0.6 is 0 Å². The van der Waals surface area contributed by atoms with Crippen molar-refractivity contribution < 1.29 is 24.1 Å². The lowest BCUT2D eigenvalue weighted by Crippen LogP contribution is -2.40. The summed E-state index contributed by atoms with van der Waals surface area (Å²) in [7, 11) is 3.28. The van der Waals surface area contributed by atoms with Gasteiger partial charge in [-0.1, -0.05) is 0 Å². The topological polar surface area (TPSA) is 131 Å². The summed E-state index contributed by atoms with van der Waals surface area (Å²) in [5.74, 6) is 1.41. The smallest absolute Gasteiger partial charge is 0.319 e. The van der Waals surface area contributed by atoms with E-state index in [0.717, 1.165) is 61.5 Å². The van der Waals surface area contributed by atoms with E-state index in [-0.39, 0.29) is 35.7 Å². The van der Waals surface area contributed by atoms with Crippen LogP contribution in [-0.2, 0) is 11.3 Å². The third-order valence-corrected chi connectivity index (χ3v) is 7.50.